The van der Waals surface area contributed by atoms with Crippen molar-refractivity contribution in [2.75, 3.05) is 18.4 Å². The summed E-state index contributed by atoms with van der Waals surface area (Å²) in [7, 11) is 1.85. The number of hydrogen-bond donors (Lipinski definition) is 1. The molecule has 0 unspecified atom stereocenters. The van der Waals surface area contributed by atoms with Gasteiger partial charge in [0.05, 0.1) is 23.3 Å². The van der Waals surface area contributed by atoms with Crippen molar-refractivity contribution in [3.05, 3.63) is 77.6 Å². The van der Waals surface area contributed by atoms with Crippen LogP contribution in [0.4, 0.5) is 19.0 Å². The molecule has 1 aliphatic rings. The van der Waals surface area contributed by atoms with Gasteiger partial charge in [-0.05, 0) is 61.6 Å². The van der Waals surface area contributed by atoms with E-state index in [0.29, 0.717) is 24.5 Å². The number of carbonyl (C=O) groups is 1. The standard InChI is InChI=1S/C29H30F3N5O/c1-18-9-10-21(20-15-34-36(3)17-20)23(14-18)28(38)37-13-5-6-19(2)26(37)16-33-27-12-11-22-24(29(30,31)32)7-4-8-25(22)35-27/h4,7-12,14-15,17,19,26H,5-6,13,16H2,1-3H3,(H,33,35)/t19-,26-/m1/s1. The van der Waals surface area contributed by atoms with E-state index in [-0.39, 0.29) is 28.8 Å². The fourth-order valence-corrected chi connectivity index (χ4v) is 5.32. The molecule has 3 heterocycles. The Hall–Kier alpha value is -3.88. The Morgan fingerprint density at radius 2 is 1.97 bits per heavy atom. The molecule has 0 aliphatic carbocycles. The fourth-order valence-electron chi connectivity index (χ4n) is 5.32. The van der Waals surface area contributed by atoms with Crippen molar-refractivity contribution in [2.24, 2.45) is 13.0 Å². The van der Waals surface area contributed by atoms with Crippen molar-refractivity contribution in [1.82, 2.24) is 19.7 Å². The number of amides is 1. The molecule has 198 valence electrons. The number of rotatable bonds is 5. The highest BCUT2D eigenvalue weighted by Crippen LogP contribution is 2.35. The number of halogens is 3. The van der Waals surface area contributed by atoms with Crippen molar-refractivity contribution in [3.8, 4) is 11.1 Å². The van der Waals surface area contributed by atoms with E-state index in [2.05, 4.69) is 22.3 Å². The summed E-state index contributed by atoms with van der Waals surface area (Å²) >= 11 is 0. The van der Waals surface area contributed by atoms with Crippen molar-refractivity contribution < 1.29 is 18.0 Å². The van der Waals surface area contributed by atoms with Gasteiger partial charge < -0.3 is 10.2 Å². The quantitative estimate of drug-likeness (QED) is 0.334. The van der Waals surface area contributed by atoms with Gasteiger partial charge in [-0.3, -0.25) is 9.48 Å². The molecular weight excluding hydrogens is 491 g/mol. The molecule has 5 rings (SSSR count). The van der Waals surface area contributed by atoms with Gasteiger partial charge in [0.15, 0.2) is 0 Å². The lowest BCUT2D eigenvalue weighted by Gasteiger charge is -2.40. The van der Waals surface area contributed by atoms with Crippen LogP contribution < -0.4 is 5.32 Å². The van der Waals surface area contributed by atoms with Crippen molar-refractivity contribution in [1.29, 1.82) is 0 Å². The second kappa shape index (κ2) is 10.1. The van der Waals surface area contributed by atoms with Gasteiger partial charge in [0.1, 0.15) is 5.82 Å². The molecule has 0 spiro atoms. The highest BCUT2D eigenvalue weighted by atomic mass is 19.4. The molecule has 0 bridgehead atoms. The maximum absolute atomic E-state index is 14.0. The molecular formula is C29H30F3N5O. The number of pyridine rings is 1. The Balaban J connectivity index is 1.41. The first kappa shape index (κ1) is 25.8. The third-order valence-corrected chi connectivity index (χ3v) is 7.33. The van der Waals surface area contributed by atoms with E-state index in [1.165, 1.54) is 12.1 Å². The molecule has 1 amide bonds. The van der Waals surface area contributed by atoms with Crippen LogP contribution in [0.5, 0.6) is 0 Å². The number of aryl methyl sites for hydroxylation is 2. The van der Waals surface area contributed by atoms with E-state index in [1.54, 1.807) is 23.0 Å². The minimum absolute atomic E-state index is 0.0350. The van der Waals surface area contributed by atoms with Gasteiger partial charge >= 0.3 is 6.18 Å². The van der Waals surface area contributed by atoms with E-state index in [4.69, 9.17) is 0 Å². The first-order chi connectivity index (χ1) is 18.1. The average Bonchev–Trinajstić information content (AvgIpc) is 3.32. The number of piperidine rings is 1. The maximum atomic E-state index is 14.0. The van der Waals surface area contributed by atoms with E-state index < -0.39 is 11.7 Å². The largest absolute Gasteiger partial charge is 0.417 e. The van der Waals surface area contributed by atoms with Crippen molar-refractivity contribution in [2.45, 2.75) is 38.9 Å². The number of anilines is 1. The number of fused-ring (bicyclic) bond motifs is 1. The van der Waals surface area contributed by atoms with E-state index >= 15 is 0 Å². The summed E-state index contributed by atoms with van der Waals surface area (Å²) < 4.78 is 41.9. The van der Waals surface area contributed by atoms with Gasteiger partial charge in [-0.1, -0.05) is 30.7 Å². The van der Waals surface area contributed by atoms with Crippen LogP contribution in [0.3, 0.4) is 0 Å². The lowest BCUT2D eigenvalue weighted by atomic mass is 9.89. The zero-order chi connectivity index (χ0) is 27.0. The zero-order valence-electron chi connectivity index (χ0n) is 21.6. The molecule has 1 aliphatic heterocycles. The lowest BCUT2D eigenvalue weighted by Crippen LogP contribution is -2.51. The molecule has 6 nitrogen and oxygen atoms in total. The minimum Gasteiger partial charge on any atom is -0.368 e. The molecule has 2 aromatic carbocycles. The molecule has 0 saturated carbocycles. The summed E-state index contributed by atoms with van der Waals surface area (Å²) in [5.41, 5.74) is 2.94. The van der Waals surface area contributed by atoms with Gasteiger partial charge in [-0.25, -0.2) is 4.98 Å². The highest BCUT2D eigenvalue weighted by molar-refractivity contribution is 6.01. The third kappa shape index (κ3) is 5.10. The first-order valence-electron chi connectivity index (χ1n) is 12.7. The Kier molecular flexibility index (Phi) is 6.86. The van der Waals surface area contributed by atoms with Crippen molar-refractivity contribution in [3.63, 3.8) is 0 Å². The van der Waals surface area contributed by atoms with Gasteiger partial charge in [-0.15, -0.1) is 0 Å². The topological polar surface area (TPSA) is 63.1 Å². The molecule has 1 fully saturated rings. The Labute approximate surface area is 219 Å². The van der Waals surface area contributed by atoms with Crippen LogP contribution in [0.15, 0.2) is 60.9 Å². The number of carbonyl (C=O) groups excluding carboxylic acids is 1. The van der Waals surface area contributed by atoms with Crippen LogP contribution in [0.1, 0.15) is 41.3 Å². The molecule has 1 saturated heterocycles. The van der Waals surface area contributed by atoms with Crippen LogP contribution in [0.2, 0.25) is 0 Å². The van der Waals surface area contributed by atoms with Crippen LogP contribution >= 0.6 is 0 Å². The summed E-state index contributed by atoms with van der Waals surface area (Å²) in [6.07, 6.45) is 1.11. The second-order valence-corrected chi connectivity index (χ2v) is 10.1. The molecule has 38 heavy (non-hydrogen) atoms. The Morgan fingerprint density at radius 3 is 2.71 bits per heavy atom. The number of alkyl halides is 3. The van der Waals surface area contributed by atoms with Crippen LogP contribution in [-0.4, -0.2) is 44.7 Å². The summed E-state index contributed by atoms with van der Waals surface area (Å²) in [4.78, 5) is 20.3. The molecule has 1 N–H and O–H groups in total. The fraction of sp³-hybridized carbons (Fsp3) is 0.345. The normalized spacial score (nSPS) is 18.1. The number of nitrogens with one attached hydrogen (secondary N) is 1. The summed E-state index contributed by atoms with van der Waals surface area (Å²) in [6, 6.07) is 12.8. The van der Waals surface area contributed by atoms with Crippen LogP contribution in [0, 0.1) is 12.8 Å². The third-order valence-electron chi connectivity index (χ3n) is 7.33. The van der Waals surface area contributed by atoms with Gasteiger partial charge in [0, 0.05) is 42.8 Å². The number of hydrogen-bond acceptors (Lipinski definition) is 4. The van der Waals surface area contributed by atoms with Crippen LogP contribution in [0.25, 0.3) is 22.0 Å². The smallest absolute Gasteiger partial charge is 0.368 e. The van der Waals surface area contributed by atoms with Crippen LogP contribution in [-0.2, 0) is 13.2 Å². The molecule has 9 heteroatoms. The second-order valence-electron chi connectivity index (χ2n) is 10.1. The zero-order valence-corrected chi connectivity index (χ0v) is 21.6. The first-order valence-corrected chi connectivity index (χ1v) is 12.7. The number of likely N-dealkylation sites (tertiary alicyclic amines) is 1. The average molecular weight is 522 g/mol. The summed E-state index contributed by atoms with van der Waals surface area (Å²) in [5, 5.41) is 7.63. The predicted molar refractivity (Wildman–Crippen MR) is 142 cm³/mol. The Morgan fingerprint density at radius 1 is 1.16 bits per heavy atom. The molecule has 0 radical (unpaired) electrons. The SMILES string of the molecule is Cc1ccc(-c2cnn(C)c2)c(C(=O)N2CCC[C@@H](C)[C@H]2CNc2ccc3c(C(F)(F)F)cccc3n2)c1. The molecule has 2 atom stereocenters. The monoisotopic (exact) mass is 521 g/mol. The summed E-state index contributed by atoms with van der Waals surface area (Å²) in [5.74, 6) is 0.685. The van der Waals surface area contributed by atoms with Gasteiger partial charge in [0.2, 0.25) is 0 Å². The lowest BCUT2D eigenvalue weighted by molar-refractivity contribution is -0.136. The van der Waals surface area contributed by atoms with E-state index in [1.807, 2.05) is 43.3 Å². The maximum Gasteiger partial charge on any atom is 0.417 e. The number of benzene rings is 2. The molecule has 2 aromatic heterocycles. The summed E-state index contributed by atoms with van der Waals surface area (Å²) in [6.45, 7) is 5.18. The Bertz CT molecular complexity index is 1480. The van der Waals surface area contributed by atoms with Crippen molar-refractivity contribution >= 4 is 22.6 Å². The van der Waals surface area contributed by atoms with Gasteiger partial charge in [0.25, 0.3) is 5.91 Å². The van der Waals surface area contributed by atoms with E-state index in [9.17, 15) is 18.0 Å². The minimum atomic E-state index is -4.45. The highest BCUT2D eigenvalue weighted by Gasteiger charge is 2.34. The van der Waals surface area contributed by atoms with E-state index in [0.717, 1.165) is 35.6 Å². The number of aromatic nitrogens is 3. The number of nitrogens with zero attached hydrogens (tertiary/aromatic N) is 4. The van der Waals surface area contributed by atoms with Gasteiger partial charge in [-0.2, -0.15) is 18.3 Å². The predicted octanol–water partition coefficient (Wildman–Crippen LogP) is 6.32. The molecule has 4 aromatic rings.